The first-order valence-electron chi connectivity index (χ1n) is 6.67. The average Bonchev–Trinajstić information content (AvgIpc) is 2.93. The number of nitrogens with one attached hydrogen (secondary N) is 1. The number of hydrogen-bond acceptors (Lipinski definition) is 6. The van der Waals surface area contributed by atoms with E-state index in [0.717, 1.165) is 16.5 Å². The van der Waals surface area contributed by atoms with Gasteiger partial charge >= 0.3 is 6.03 Å². The summed E-state index contributed by atoms with van der Waals surface area (Å²) in [4.78, 5) is 13.5. The first-order chi connectivity index (χ1) is 10.6. The summed E-state index contributed by atoms with van der Waals surface area (Å²) in [5, 5.41) is 11.7. The van der Waals surface area contributed by atoms with Gasteiger partial charge in [0.05, 0.1) is 13.7 Å². The molecule has 0 bridgehead atoms. The second kappa shape index (κ2) is 7.60. The summed E-state index contributed by atoms with van der Waals surface area (Å²) in [5.41, 5.74) is 0. The number of likely N-dealkylation sites (N-methyl/N-ethyl adjacent to an activating group) is 1. The number of ether oxygens (including phenoxy) is 2. The van der Waals surface area contributed by atoms with Gasteiger partial charge in [-0.25, -0.2) is 4.79 Å². The van der Waals surface area contributed by atoms with Gasteiger partial charge in [-0.05, 0) is 31.2 Å². The number of rotatable bonds is 6. The van der Waals surface area contributed by atoms with Gasteiger partial charge in [-0.3, -0.25) is 5.32 Å². The highest BCUT2D eigenvalue weighted by atomic mass is 32.1. The Morgan fingerprint density at radius 2 is 1.95 bits per heavy atom. The SMILES string of the molecule is COc1ccc(OCCN(C)C(=O)Nc2nnc(C)s2)cc1. The monoisotopic (exact) mass is 322 g/mol. The van der Waals surface area contributed by atoms with Crippen molar-refractivity contribution < 1.29 is 14.3 Å². The summed E-state index contributed by atoms with van der Waals surface area (Å²) in [6, 6.07) is 7.05. The smallest absolute Gasteiger partial charge is 0.323 e. The first-order valence-corrected chi connectivity index (χ1v) is 7.49. The molecule has 1 aromatic heterocycles. The molecule has 22 heavy (non-hydrogen) atoms. The topological polar surface area (TPSA) is 76.6 Å². The number of hydrogen-bond donors (Lipinski definition) is 1. The molecule has 0 radical (unpaired) electrons. The Morgan fingerprint density at radius 3 is 2.55 bits per heavy atom. The van der Waals surface area contributed by atoms with E-state index in [2.05, 4.69) is 15.5 Å². The molecule has 2 amide bonds. The zero-order chi connectivity index (χ0) is 15.9. The van der Waals surface area contributed by atoms with E-state index in [1.54, 1.807) is 14.2 Å². The van der Waals surface area contributed by atoms with Gasteiger partial charge in [-0.15, -0.1) is 10.2 Å². The van der Waals surface area contributed by atoms with Crippen molar-refractivity contribution in [1.29, 1.82) is 0 Å². The lowest BCUT2D eigenvalue weighted by atomic mass is 10.3. The summed E-state index contributed by atoms with van der Waals surface area (Å²) < 4.78 is 10.7. The quantitative estimate of drug-likeness (QED) is 0.883. The van der Waals surface area contributed by atoms with Crippen LogP contribution in [-0.4, -0.2) is 48.4 Å². The molecule has 0 atom stereocenters. The second-order valence-corrected chi connectivity index (χ2v) is 5.68. The Labute approximate surface area is 132 Å². The van der Waals surface area contributed by atoms with Crippen LogP contribution >= 0.6 is 11.3 Å². The molecule has 0 saturated carbocycles. The standard InChI is InChI=1S/C14H18N4O3S/c1-10-16-17-13(22-10)15-14(19)18(2)8-9-21-12-6-4-11(20-3)5-7-12/h4-7H,8-9H2,1-3H3,(H,15,17,19). The fourth-order valence-electron chi connectivity index (χ4n) is 1.61. The Balaban J connectivity index is 1.74. The number of anilines is 1. The van der Waals surface area contributed by atoms with Gasteiger partial charge in [-0.1, -0.05) is 11.3 Å². The van der Waals surface area contributed by atoms with Crippen molar-refractivity contribution in [2.75, 3.05) is 32.6 Å². The van der Waals surface area contributed by atoms with Crippen LogP contribution in [0.4, 0.5) is 9.93 Å². The predicted molar refractivity (Wildman–Crippen MR) is 84.8 cm³/mol. The maximum atomic E-state index is 11.9. The number of methoxy groups -OCH3 is 1. The van der Waals surface area contributed by atoms with E-state index < -0.39 is 0 Å². The van der Waals surface area contributed by atoms with E-state index >= 15 is 0 Å². The van der Waals surface area contributed by atoms with Crippen LogP contribution in [0, 0.1) is 6.92 Å². The molecule has 0 aliphatic heterocycles. The maximum absolute atomic E-state index is 11.9. The van der Waals surface area contributed by atoms with Crippen molar-refractivity contribution in [2.45, 2.75) is 6.92 Å². The van der Waals surface area contributed by atoms with Gasteiger partial charge in [0, 0.05) is 7.05 Å². The zero-order valence-corrected chi connectivity index (χ0v) is 13.5. The molecule has 0 spiro atoms. The molecular formula is C14H18N4O3S. The number of aromatic nitrogens is 2. The average molecular weight is 322 g/mol. The molecule has 118 valence electrons. The highest BCUT2D eigenvalue weighted by Crippen LogP contribution is 2.17. The third-order valence-electron chi connectivity index (χ3n) is 2.84. The zero-order valence-electron chi connectivity index (χ0n) is 12.7. The molecule has 0 fully saturated rings. The minimum Gasteiger partial charge on any atom is -0.497 e. The van der Waals surface area contributed by atoms with E-state index in [4.69, 9.17) is 9.47 Å². The fourth-order valence-corrected chi connectivity index (χ4v) is 2.19. The Kier molecular flexibility index (Phi) is 5.54. The highest BCUT2D eigenvalue weighted by Gasteiger charge is 2.11. The Hall–Kier alpha value is -2.35. The molecular weight excluding hydrogens is 304 g/mol. The first kappa shape index (κ1) is 16.0. The van der Waals surface area contributed by atoms with E-state index in [-0.39, 0.29) is 6.03 Å². The van der Waals surface area contributed by atoms with Crippen molar-refractivity contribution in [2.24, 2.45) is 0 Å². The minimum atomic E-state index is -0.241. The van der Waals surface area contributed by atoms with Gasteiger partial charge < -0.3 is 14.4 Å². The summed E-state index contributed by atoms with van der Waals surface area (Å²) in [6.45, 7) is 2.68. The number of carbonyl (C=O) groups excluding carboxylic acids is 1. The van der Waals surface area contributed by atoms with Gasteiger partial charge in [-0.2, -0.15) is 0 Å². The van der Waals surface area contributed by atoms with E-state index in [1.807, 2.05) is 31.2 Å². The maximum Gasteiger partial charge on any atom is 0.323 e. The third-order valence-corrected chi connectivity index (χ3v) is 3.60. The largest absolute Gasteiger partial charge is 0.497 e. The molecule has 0 aliphatic carbocycles. The Morgan fingerprint density at radius 1 is 1.27 bits per heavy atom. The van der Waals surface area contributed by atoms with Crippen LogP contribution in [0.25, 0.3) is 0 Å². The molecule has 1 aromatic carbocycles. The van der Waals surface area contributed by atoms with E-state index in [0.29, 0.717) is 18.3 Å². The van der Waals surface area contributed by atoms with Crippen LogP contribution in [0.1, 0.15) is 5.01 Å². The minimum absolute atomic E-state index is 0.241. The number of urea groups is 1. The number of benzene rings is 1. The van der Waals surface area contributed by atoms with Crippen LogP contribution in [0.15, 0.2) is 24.3 Å². The fraction of sp³-hybridized carbons (Fsp3) is 0.357. The normalized spacial score (nSPS) is 10.1. The van der Waals surface area contributed by atoms with Crippen LogP contribution < -0.4 is 14.8 Å². The molecule has 0 saturated heterocycles. The summed E-state index contributed by atoms with van der Waals surface area (Å²) in [7, 11) is 3.31. The lowest BCUT2D eigenvalue weighted by Gasteiger charge is -2.17. The van der Waals surface area contributed by atoms with Crippen molar-refractivity contribution in [3.63, 3.8) is 0 Å². The molecule has 2 rings (SSSR count). The predicted octanol–water partition coefficient (Wildman–Crippen LogP) is 2.40. The third kappa shape index (κ3) is 4.59. The van der Waals surface area contributed by atoms with Crippen LogP contribution in [0.5, 0.6) is 11.5 Å². The summed E-state index contributed by atoms with van der Waals surface area (Å²) in [5.74, 6) is 1.51. The lowest BCUT2D eigenvalue weighted by molar-refractivity contribution is 0.207. The van der Waals surface area contributed by atoms with Gasteiger partial charge in [0.2, 0.25) is 5.13 Å². The number of aryl methyl sites for hydroxylation is 1. The van der Waals surface area contributed by atoms with E-state index in [1.165, 1.54) is 16.2 Å². The second-order valence-electron chi connectivity index (χ2n) is 4.50. The highest BCUT2D eigenvalue weighted by molar-refractivity contribution is 7.15. The molecule has 8 heteroatoms. The van der Waals surface area contributed by atoms with Crippen molar-refractivity contribution in [3.8, 4) is 11.5 Å². The van der Waals surface area contributed by atoms with Crippen LogP contribution in [0.2, 0.25) is 0 Å². The summed E-state index contributed by atoms with van der Waals surface area (Å²) >= 11 is 1.33. The Bertz CT molecular complexity index is 615. The van der Waals surface area contributed by atoms with Crippen LogP contribution in [0.3, 0.4) is 0 Å². The summed E-state index contributed by atoms with van der Waals surface area (Å²) in [6.07, 6.45) is 0. The number of nitrogens with zero attached hydrogens (tertiary/aromatic N) is 3. The van der Waals surface area contributed by atoms with Crippen molar-refractivity contribution >= 4 is 22.5 Å². The van der Waals surface area contributed by atoms with Gasteiger partial charge in [0.15, 0.2) is 0 Å². The van der Waals surface area contributed by atoms with Crippen molar-refractivity contribution in [3.05, 3.63) is 29.3 Å². The molecule has 7 nitrogen and oxygen atoms in total. The number of carbonyl (C=O) groups is 1. The van der Waals surface area contributed by atoms with Crippen molar-refractivity contribution in [1.82, 2.24) is 15.1 Å². The van der Waals surface area contributed by atoms with Gasteiger partial charge in [0.1, 0.15) is 23.1 Å². The molecule has 0 aliphatic rings. The molecule has 2 aromatic rings. The van der Waals surface area contributed by atoms with E-state index in [9.17, 15) is 4.79 Å². The van der Waals surface area contributed by atoms with Gasteiger partial charge in [0.25, 0.3) is 0 Å². The molecule has 1 heterocycles. The molecule has 0 unspecified atom stereocenters. The lowest BCUT2D eigenvalue weighted by Crippen LogP contribution is -2.34. The number of amides is 2. The molecule has 1 N–H and O–H groups in total. The van der Waals surface area contributed by atoms with Crippen LogP contribution in [-0.2, 0) is 0 Å².